The Morgan fingerprint density at radius 2 is 2.24 bits per heavy atom. The molecule has 1 amide bonds. The summed E-state index contributed by atoms with van der Waals surface area (Å²) in [6.45, 7) is 7.30. The van der Waals surface area contributed by atoms with Gasteiger partial charge in [-0.15, -0.1) is 0 Å². The van der Waals surface area contributed by atoms with E-state index in [-0.39, 0.29) is 12.5 Å². The van der Waals surface area contributed by atoms with Gasteiger partial charge >= 0.3 is 0 Å². The molecule has 92 valence electrons. The van der Waals surface area contributed by atoms with E-state index in [1.807, 2.05) is 26.8 Å². The van der Waals surface area contributed by atoms with Crippen molar-refractivity contribution in [3.8, 4) is 6.07 Å². The molecule has 0 fully saturated rings. The van der Waals surface area contributed by atoms with Crippen LogP contribution in [0, 0.1) is 30.6 Å². The minimum atomic E-state index is -0.989. The number of nitrogens with zero attached hydrogens (tertiary/aromatic N) is 2. The van der Waals surface area contributed by atoms with Gasteiger partial charge < -0.3 is 9.73 Å². The lowest BCUT2D eigenvalue weighted by Gasteiger charge is -2.17. The zero-order valence-corrected chi connectivity index (χ0v) is 10.6. The molecule has 0 aromatic carbocycles. The predicted octanol–water partition coefficient (Wildman–Crippen LogP) is 1.85. The number of carbonyl (C=O) groups excluding carboxylic acids is 1. The van der Waals surface area contributed by atoms with E-state index < -0.39 is 5.41 Å². The first-order chi connectivity index (χ1) is 7.92. The third-order valence-electron chi connectivity index (χ3n) is 2.93. The number of rotatable bonds is 4. The van der Waals surface area contributed by atoms with E-state index in [2.05, 4.69) is 10.3 Å². The van der Waals surface area contributed by atoms with Crippen LogP contribution in [0.25, 0.3) is 0 Å². The van der Waals surface area contributed by atoms with Gasteiger partial charge in [-0.2, -0.15) is 5.26 Å². The Morgan fingerprint density at radius 3 is 2.65 bits per heavy atom. The van der Waals surface area contributed by atoms with Gasteiger partial charge in [-0.05, 0) is 27.2 Å². The summed E-state index contributed by atoms with van der Waals surface area (Å²) in [5.74, 6) is 0.911. The van der Waals surface area contributed by atoms with E-state index in [4.69, 9.17) is 9.68 Å². The van der Waals surface area contributed by atoms with Crippen molar-refractivity contribution in [3.63, 3.8) is 0 Å². The van der Waals surface area contributed by atoms with Crippen LogP contribution in [-0.4, -0.2) is 10.9 Å². The summed E-state index contributed by atoms with van der Waals surface area (Å²) in [6.07, 6.45) is 0.471. The Labute approximate surface area is 101 Å². The number of nitriles is 1. The molecule has 1 aromatic rings. The third kappa shape index (κ3) is 2.84. The van der Waals surface area contributed by atoms with Gasteiger partial charge in [0.2, 0.25) is 11.8 Å². The van der Waals surface area contributed by atoms with Crippen molar-refractivity contribution in [2.45, 2.75) is 40.7 Å². The first-order valence-corrected chi connectivity index (χ1v) is 5.55. The lowest BCUT2D eigenvalue weighted by Crippen LogP contribution is -2.37. The number of hydrogen-bond acceptors (Lipinski definition) is 4. The Balaban J connectivity index is 2.63. The van der Waals surface area contributed by atoms with Gasteiger partial charge in [0.15, 0.2) is 0 Å². The van der Waals surface area contributed by atoms with Crippen molar-refractivity contribution in [2.24, 2.45) is 5.41 Å². The summed E-state index contributed by atoms with van der Waals surface area (Å²) in [5, 5.41) is 11.6. The largest absolute Gasteiger partial charge is 0.444 e. The van der Waals surface area contributed by atoms with Crippen LogP contribution in [0.2, 0.25) is 0 Å². The lowest BCUT2D eigenvalue weighted by atomic mass is 9.88. The van der Waals surface area contributed by atoms with Crippen molar-refractivity contribution in [1.29, 1.82) is 5.26 Å². The fourth-order valence-corrected chi connectivity index (χ4v) is 1.26. The lowest BCUT2D eigenvalue weighted by molar-refractivity contribution is -0.127. The fourth-order valence-electron chi connectivity index (χ4n) is 1.26. The van der Waals surface area contributed by atoms with Gasteiger partial charge in [0.1, 0.15) is 11.2 Å². The van der Waals surface area contributed by atoms with E-state index in [0.717, 1.165) is 11.5 Å². The van der Waals surface area contributed by atoms with E-state index in [0.29, 0.717) is 12.3 Å². The zero-order chi connectivity index (χ0) is 13.1. The molecular weight excluding hydrogens is 218 g/mol. The summed E-state index contributed by atoms with van der Waals surface area (Å²) in [6, 6.07) is 2.02. The summed E-state index contributed by atoms with van der Waals surface area (Å²) >= 11 is 0. The van der Waals surface area contributed by atoms with Crippen LogP contribution < -0.4 is 5.32 Å². The van der Waals surface area contributed by atoms with Crippen LogP contribution in [0.15, 0.2) is 4.42 Å². The summed E-state index contributed by atoms with van der Waals surface area (Å²) in [7, 11) is 0. The molecule has 5 nitrogen and oxygen atoms in total. The van der Waals surface area contributed by atoms with Gasteiger partial charge in [-0.3, -0.25) is 4.79 Å². The van der Waals surface area contributed by atoms with Gasteiger partial charge in [-0.1, -0.05) is 6.92 Å². The molecular formula is C12H17N3O2. The normalized spacial score (nSPS) is 13.8. The van der Waals surface area contributed by atoms with E-state index in [1.165, 1.54) is 0 Å². The van der Waals surface area contributed by atoms with Crippen molar-refractivity contribution in [2.75, 3.05) is 0 Å². The van der Waals surface area contributed by atoms with Crippen molar-refractivity contribution in [3.05, 3.63) is 17.3 Å². The van der Waals surface area contributed by atoms with E-state index in [9.17, 15) is 4.79 Å². The van der Waals surface area contributed by atoms with Crippen LogP contribution in [0.1, 0.15) is 37.6 Å². The number of aryl methyl sites for hydroxylation is 2. The molecule has 1 aromatic heterocycles. The van der Waals surface area contributed by atoms with Crippen LogP contribution in [0.4, 0.5) is 0 Å². The minimum absolute atomic E-state index is 0.213. The second-order valence-corrected chi connectivity index (χ2v) is 4.23. The van der Waals surface area contributed by atoms with Gasteiger partial charge in [0.05, 0.1) is 18.3 Å². The third-order valence-corrected chi connectivity index (χ3v) is 2.93. The molecule has 0 spiro atoms. The molecule has 1 rings (SSSR count). The number of oxazole rings is 1. The SMILES string of the molecule is CCC(C)(C#N)C(=O)NCc1nc(C)c(C)o1. The van der Waals surface area contributed by atoms with Gasteiger partial charge in [-0.25, -0.2) is 4.98 Å². The maximum absolute atomic E-state index is 11.8. The zero-order valence-electron chi connectivity index (χ0n) is 10.6. The van der Waals surface area contributed by atoms with Crippen molar-refractivity contribution in [1.82, 2.24) is 10.3 Å². The maximum atomic E-state index is 11.8. The number of aromatic nitrogens is 1. The molecule has 1 unspecified atom stereocenters. The molecule has 0 saturated carbocycles. The van der Waals surface area contributed by atoms with E-state index in [1.54, 1.807) is 6.92 Å². The van der Waals surface area contributed by atoms with E-state index >= 15 is 0 Å². The second kappa shape index (κ2) is 5.00. The first kappa shape index (κ1) is 13.2. The molecule has 0 aliphatic rings. The topological polar surface area (TPSA) is 78.9 Å². The standard InChI is InChI=1S/C12H17N3O2/c1-5-12(4,7-13)11(16)14-6-10-15-8(2)9(3)17-10/h5-6H2,1-4H3,(H,14,16). The van der Waals surface area contributed by atoms with Crippen molar-refractivity contribution >= 4 is 5.91 Å². The summed E-state index contributed by atoms with van der Waals surface area (Å²) in [5.41, 5.74) is -0.177. The first-order valence-electron chi connectivity index (χ1n) is 5.55. The second-order valence-electron chi connectivity index (χ2n) is 4.23. The van der Waals surface area contributed by atoms with Gasteiger partial charge in [0, 0.05) is 0 Å². The number of carbonyl (C=O) groups is 1. The number of amides is 1. The average molecular weight is 235 g/mol. The molecule has 0 bridgehead atoms. The molecule has 1 N–H and O–H groups in total. The minimum Gasteiger partial charge on any atom is -0.444 e. The molecule has 17 heavy (non-hydrogen) atoms. The quantitative estimate of drug-likeness (QED) is 0.863. The van der Waals surface area contributed by atoms with Gasteiger partial charge in [0.25, 0.3) is 0 Å². The highest BCUT2D eigenvalue weighted by Gasteiger charge is 2.31. The highest BCUT2D eigenvalue weighted by atomic mass is 16.4. The Morgan fingerprint density at radius 1 is 1.59 bits per heavy atom. The van der Waals surface area contributed by atoms with Crippen molar-refractivity contribution < 1.29 is 9.21 Å². The molecule has 1 atom stereocenters. The smallest absolute Gasteiger partial charge is 0.240 e. The van der Waals surface area contributed by atoms with Crippen LogP contribution in [-0.2, 0) is 11.3 Å². The summed E-state index contributed by atoms with van der Waals surface area (Å²) < 4.78 is 5.34. The Hall–Kier alpha value is -1.83. The fraction of sp³-hybridized carbons (Fsp3) is 0.583. The maximum Gasteiger partial charge on any atom is 0.240 e. The molecule has 0 aliphatic carbocycles. The monoisotopic (exact) mass is 235 g/mol. The summed E-state index contributed by atoms with van der Waals surface area (Å²) in [4.78, 5) is 15.9. The molecule has 1 heterocycles. The molecule has 0 saturated heterocycles. The highest BCUT2D eigenvalue weighted by molar-refractivity contribution is 5.84. The number of nitrogens with one attached hydrogen (secondary N) is 1. The Bertz CT molecular complexity index is 439. The average Bonchev–Trinajstić information content (AvgIpc) is 2.64. The molecule has 0 aliphatic heterocycles. The van der Waals surface area contributed by atoms with Crippen LogP contribution in [0.3, 0.4) is 0 Å². The number of hydrogen-bond donors (Lipinski definition) is 1. The van der Waals surface area contributed by atoms with Crippen LogP contribution in [0.5, 0.6) is 0 Å². The molecule has 0 radical (unpaired) electrons. The predicted molar refractivity (Wildman–Crippen MR) is 61.8 cm³/mol. The highest BCUT2D eigenvalue weighted by Crippen LogP contribution is 2.19. The Kier molecular flexibility index (Phi) is 3.89. The molecule has 5 heteroatoms. The van der Waals surface area contributed by atoms with Crippen LogP contribution >= 0.6 is 0 Å².